The Morgan fingerprint density at radius 3 is 2.52 bits per heavy atom. The predicted molar refractivity (Wildman–Crippen MR) is 112 cm³/mol. The lowest BCUT2D eigenvalue weighted by Crippen LogP contribution is -2.46. The van der Waals surface area contributed by atoms with Crippen LogP contribution in [0.25, 0.3) is 0 Å². The number of urea groups is 1. The molecule has 1 aromatic rings. The fourth-order valence-electron chi connectivity index (χ4n) is 3.80. The molecule has 29 heavy (non-hydrogen) atoms. The van der Waals surface area contributed by atoms with Gasteiger partial charge in [-0.3, -0.25) is 0 Å². The molecule has 0 radical (unpaired) electrons. The first kappa shape index (κ1) is 22.0. The topological polar surface area (TPSA) is 91.0 Å². The van der Waals surface area contributed by atoms with Crippen LogP contribution in [0.3, 0.4) is 0 Å². The molecule has 3 rings (SSSR count). The maximum absolute atomic E-state index is 12.8. The van der Waals surface area contributed by atoms with Gasteiger partial charge in [0, 0.05) is 44.5 Å². The van der Waals surface area contributed by atoms with Crippen LogP contribution in [-0.2, 0) is 14.8 Å². The van der Waals surface area contributed by atoms with E-state index < -0.39 is 10.0 Å². The largest absolute Gasteiger partial charge is 0.379 e. The second-order valence-electron chi connectivity index (χ2n) is 8.11. The molecular weight excluding hydrogens is 392 g/mol. The molecule has 9 heteroatoms. The zero-order chi connectivity index (χ0) is 20.9. The number of benzene rings is 1. The number of morpholine rings is 1. The summed E-state index contributed by atoms with van der Waals surface area (Å²) in [4.78, 5) is 15.0. The van der Waals surface area contributed by atoms with E-state index in [0.717, 1.165) is 32.5 Å². The van der Waals surface area contributed by atoms with Gasteiger partial charge in [0.25, 0.3) is 0 Å². The minimum Gasteiger partial charge on any atom is -0.379 e. The molecule has 162 valence electrons. The van der Waals surface area contributed by atoms with Crippen molar-refractivity contribution in [2.45, 2.75) is 37.6 Å². The van der Waals surface area contributed by atoms with Crippen molar-refractivity contribution in [2.24, 2.45) is 5.92 Å². The van der Waals surface area contributed by atoms with Gasteiger partial charge in [0.05, 0.1) is 18.1 Å². The van der Waals surface area contributed by atoms with E-state index in [9.17, 15) is 13.2 Å². The molecule has 0 spiro atoms. The van der Waals surface area contributed by atoms with Crippen molar-refractivity contribution in [1.29, 1.82) is 0 Å². The Bertz CT molecular complexity index is 785. The predicted octanol–water partition coefficient (Wildman–Crippen LogP) is 1.95. The number of nitrogens with one attached hydrogen (secondary N) is 2. The number of carbonyl (C=O) groups excluding carboxylic acids is 1. The van der Waals surface area contributed by atoms with Gasteiger partial charge in [0.15, 0.2) is 0 Å². The van der Waals surface area contributed by atoms with E-state index in [2.05, 4.69) is 29.4 Å². The molecule has 2 N–H and O–H groups in total. The van der Waals surface area contributed by atoms with Gasteiger partial charge in [-0.1, -0.05) is 19.9 Å². The summed E-state index contributed by atoms with van der Waals surface area (Å²) in [5, 5.41) is 5.79. The Morgan fingerprint density at radius 2 is 1.86 bits per heavy atom. The van der Waals surface area contributed by atoms with Crippen LogP contribution in [0.4, 0.5) is 10.5 Å². The maximum Gasteiger partial charge on any atom is 0.319 e. The summed E-state index contributed by atoms with van der Waals surface area (Å²) in [6.07, 6.45) is 1.84. The molecule has 0 bridgehead atoms. The smallest absolute Gasteiger partial charge is 0.319 e. The highest BCUT2D eigenvalue weighted by atomic mass is 32.2. The number of rotatable bonds is 6. The quantitative estimate of drug-likeness (QED) is 0.728. The molecule has 2 aliphatic heterocycles. The highest BCUT2D eigenvalue weighted by Crippen LogP contribution is 2.21. The molecule has 1 aromatic carbocycles. The highest BCUT2D eigenvalue weighted by Gasteiger charge is 2.26. The average molecular weight is 425 g/mol. The lowest BCUT2D eigenvalue weighted by Gasteiger charge is -2.33. The first-order valence-corrected chi connectivity index (χ1v) is 11.8. The average Bonchev–Trinajstić information content (AvgIpc) is 2.70. The second-order valence-corrected chi connectivity index (χ2v) is 10.0. The molecule has 0 unspecified atom stereocenters. The first-order valence-electron chi connectivity index (χ1n) is 10.3. The number of ether oxygens (including phenoxy) is 1. The van der Waals surface area contributed by atoms with Gasteiger partial charge in [0.2, 0.25) is 10.0 Å². The molecule has 2 aliphatic rings. The molecule has 2 heterocycles. The lowest BCUT2D eigenvalue weighted by atomic mass is 10.0. The number of anilines is 1. The maximum atomic E-state index is 12.8. The third kappa shape index (κ3) is 6.15. The fourth-order valence-corrected chi connectivity index (χ4v) is 5.25. The number of amides is 2. The van der Waals surface area contributed by atoms with Gasteiger partial charge < -0.3 is 20.3 Å². The molecule has 0 aliphatic carbocycles. The van der Waals surface area contributed by atoms with Crippen molar-refractivity contribution in [1.82, 2.24) is 14.5 Å². The number of carbonyl (C=O) groups is 1. The zero-order valence-corrected chi connectivity index (χ0v) is 18.1. The fraction of sp³-hybridized carbons (Fsp3) is 0.650. The Kier molecular flexibility index (Phi) is 7.50. The molecule has 2 amide bonds. The Morgan fingerprint density at radius 1 is 1.17 bits per heavy atom. The van der Waals surface area contributed by atoms with Gasteiger partial charge in [0.1, 0.15) is 0 Å². The molecule has 8 nitrogen and oxygen atoms in total. The van der Waals surface area contributed by atoms with Gasteiger partial charge in [-0.05, 0) is 37.0 Å². The number of likely N-dealkylation sites (tertiary alicyclic amines) is 1. The van der Waals surface area contributed by atoms with Crippen LogP contribution >= 0.6 is 0 Å². The van der Waals surface area contributed by atoms with Gasteiger partial charge in [-0.25, -0.2) is 13.2 Å². The van der Waals surface area contributed by atoms with Crippen molar-refractivity contribution in [3.05, 3.63) is 24.3 Å². The Balaban J connectivity index is 1.54. The Labute approximate surface area is 173 Å². The number of nitrogens with zero attached hydrogens (tertiary/aromatic N) is 2. The third-order valence-corrected chi connectivity index (χ3v) is 7.14. The summed E-state index contributed by atoms with van der Waals surface area (Å²) in [7, 11) is -3.59. The highest BCUT2D eigenvalue weighted by molar-refractivity contribution is 7.89. The monoisotopic (exact) mass is 424 g/mol. The minimum atomic E-state index is -3.59. The van der Waals surface area contributed by atoms with Gasteiger partial charge >= 0.3 is 6.03 Å². The summed E-state index contributed by atoms with van der Waals surface area (Å²) in [5.74, 6) is 0.642. The van der Waals surface area contributed by atoms with E-state index in [4.69, 9.17) is 4.74 Å². The van der Waals surface area contributed by atoms with E-state index in [1.165, 1.54) is 10.4 Å². The second kappa shape index (κ2) is 9.88. The van der Waals surface area contributed by atoms with Gasteiger partial charge in [-0.2, -0.15) is 4.31 Å². The SMILES string of the molecule is CC(C)CN1CCC(NC(=O)Nc2cccc(S(=O)(=O)N3CCOCC3)c2)CC1. The normalized spacial score (nSPS) is 20.0. The van der Waals surface area contributed by atoms with E-state index >= 15 is 0 Å². The van der Waals surface area contributed by atoms with E-state index in [1.807, 2.05) is 0 Å². The van der Waals surface area contributed by atoms with Crippen molar-refractivity contribution in [3.8, 4) is 0 Å². The number of sulfonamides is 1. The van der Waals surface area contributed by atoms with Gasteiger partial charge in [-0.15, -0.1) is 0 Å². The molecule has 2 saturated heterocycles. The van der Waals surface area contributed by atoms with Crippen LogP contribution in [0.1, 0.15) is 26.7 Å². The summed E-state index contributed by atoms with van der Waals surface area (Å²) >= 11 is 0. The first-order chi connectivity index (χ1) is 13.8. The van der Waals surface area contributed by atoms with Crippen LogP contribution in [0.15, 0.2) is 29.2 Å². The van der Waals surface area contributed by atoms with Crippen molar-refractivity contribution >= 4 is 21.7 Å². The summed E-state index contributed by atoms with van der Waals surface area (Å²) < 4.78 is 32.2. The summed E-state index contributed by atoms with van der Waals surface area (Å²) in [6.45, 7) is 8.96. The van der Waals surface area contributed by atoms with Crippen LogP contribution in [0.2, 0.25) is 0 Å². The van der Waals surface area contributed by atoms with Crippen molar-refractivity contribution in [2.75, 3.05) is 51.3 Å². The van der Waals surface area contributed by atoms with E-state index in [-0.39, 0.29) is 17.0 Å². The third-order valence-electron chi connectivity index (χ3n) is 5.25. The molecule has 0 saturated carbocycles. The number of hydrogen-bond acceptors (Lipinski definition) is 5. The van der Waals surface area contributed by atoms with E-state index in [1.54, 1.807) is 18.2 Å². The minimum absolute atomic E-state index is 0.138. The van der Waals surface area contributed by atoms with Crippen LogP contribution in [-0.4, -0.2) is 75.6 Å². The van der Waals surface area contributed by atoms with Crippen molar-refractivity contribution < 1.29 is 17.9 Å². The zero-order valence-electron chi connectivity index (χ0n) is 17.3. The Hall–Kier alpha value is -1.68. The molecule has 2 fully saturated rings. The molecule has 0 atom stereocenters. The van der Waals surface area contributed by atoms with Crippen LogP contribution < -0.4 is 10.6 Å². The lowest BCUT2D eigenvalue weighted by molar-refractivity contribution is 0.0730. The van der Waals surface area contributed by atoms with Crippen molar-refractivity contribution in [3.63, 3.8) is 0 Å². The van der Waals surface area contributed by atoms with E-state index in [0.29, 0.717) is 37.9 Å². The number of piperidine rings is 1. The molecule has 0 aromatic heterocycles. The van der Waals surface area contributed by atoms with Crippen LogP contribution in [0.5, 0.6) is 0 Å². The van der Waals surface area contributed by atoms with Crippen LogP contribution in [0, 0.1) is 5.92 Å². The molecular formula is C20H32N4O4S. The summed E-state index contributed by atoms with van der Waals surface area (Å²) in [5.41, 5.74) is 0.467. The standard InChI is InChI=1S/C20H32N4O4S/c1-16(2)15-23-8-6-17(7-9-23)21-20(25)22-18-4-3-5-19(14-18)29(26,27)24-10-12-28-13-11-24/h3-5,14,16-17H,6-13,15H2,1-2H3,(H2,21,22,25). The summed E-state index contributed by atoms with van der Waals surface area (Å²) in [6, 6.07) is 6.25. The number of hydrogen-bond donors (Lipinski definition) is 2.